The van der Waals surface area contributed by atoms with E-state index in [1.165, 1.54) is 13.1 Å². The Bertz CT molecular complexity index is 477. The van der Waals surface area contributed by atoms with Gasteiger partial charge in [0.1, 0.15) is 0 Å². The zero-order valence-electron chi connectivity index (χ0n) is 10.7. The van der Waals surface area contributed by atoms with Crippen LogP contribution in [0.4, 0.5) is 16.2 Å². The Balaban J connectivity index is 2.73. The average Bonchev–Trinajstić information content (AvgIpc) is 2.28. The molecule has 5 heteroatoms. The number of hydrogen-bond acceptors (Lipinski definition) is 2. The van der Waals surface area contributed by atoms with Gasteiger partial charge in [-0.05, 0) is 32.0 Å². The molecule has 1 aromatic rings. The van der Waals surface area contributed by atoms with Gasteiger partial charge in [0.15, 0.2) is 0 Å². The molecule has 3 N–H and O–H groups in total. The first kappa shape index (κ1) is 13.8. The van der Waals surface area contributed by atoms with E-state index in [0.29, 0.717) is 11.4 Å². The Morgan fingerprint density at radius 2 is 1.72 bits per heavy atom. The third-order valence-electron chi connectivity index (χ3n) is 2.03. The van der Waals surface area contributed by atoms with Gasteiger partial charge in [-0.25, -0.2) is 4.79 Å². The van der Waals surface area contributed by atoms with Gasteiger partial charge in [0.2, 0.25) is 5.91 Å². The summed E-state index contributed by atoms with van der Waals surface area (Å²) in [4.78, 5) is 22.7. The third-order valence-corrected chi connectivity index (χ3v) is 2.03. The summed E-state index contributed by atoms with van der Waals surface area (Å²) in [5.74, 6) is -0.188. The molecule has 1 aromatic carbocycles. The van der Waals surface area contributed by atoms with Crippen molar-refractivity contribution in [1.29, 1.82) is 0 Å². The minimum atomic E-state index is -0.303. The van der Waals surface area contributed by atoms with Crippen LogP contribution in [0.15, 0.2) is 35.9 Å². The van der Waals surface area contributed by atoms with Gasteiger partial charge >= 0.3 is 6.03 Å². The maximum absolute atomic E-state index is 11.5. The normalized spacial score (nSPS) is 9.28. The Hall–Kier alpha value is -2.30. The summed E-state index contributed by atoms with van der Waals surface area (Å²) in [5.41, 5.74) is 2.17. The highest BCUT2D eigenvalue weighted by Crippen LogP contribution is 2.15. The van der Waals surface area contributed by atoms with Gasteiger partial charge in [-0.3, -0.25) is 4.79 Å². The molecule has 0 saturated heterocycles. The number of anilines is 2. The first-order chi connectivity index (χ1) is 8.51. The Morgan fingerprint density at radius 3 is 2.28 bits per heavy atom. The van der Waals surface area contributed by atoms with E-state index >= 15 is 0 Å². The second-order valence-electron chi connectivity index (χ2n) is 4.00. The molecule has 5 nitrogen and oxygen atoms in total. The van der Waals surface area contributed by atoms with Crippen LogP contribution < -0.4 is 16.0 Å². The Morgan fingerprint density at radius 1 is 1.11 bits per heavy atom. The first-order valence-corrected chi connectivity index (χ1v) is 5.56. The fraction of sp³-hybridized carbons (Fsp3) is 0.231. The molecule has 0 aliphatic heterocycles. The maximum atomic E-state index is 11.5. The number of carbonyl (C=O) groups excluding carboxylic acids is 2. The van der Waals surface area contributed by atoms with Crippen molar-refractivity contribution in [2.24, 2.45) is 0 Å². The SMILES string of the molecule is CNC(=O)Nc1cccc(NC(=O)C=C(C)C)c1. The monoisotopic (exact) mass is 247 g/mol. The number of amides is 3. The van der Waals surface area contributed by atoms with Crippen molar-refractivity contribution in [3.05, 3.63) is 35.9 Å². The molecule has 0 unspecified atom stereocenters. The second-order valence-corrected chi connectivity index (χ2v) is 4.00. The zero-order valence-corrected chi connectivity index (χ0v) is 10.7. The largest absolute Gasteiger partial charge is 0.341 e. The molecule has 0 atom stereocenters. The Labute approximate surface area is 106 Å². The van der Waals surface area contributed by atoms with E-state index in [1.807, 2.05) is 13.8 Å². The molecule has 1 rings (SSSR count). The van der Waals surface area contributed by atoms with Crippen LogP contribution in [0.3, 0.4) is 0 Å². The van der Waals surface area contributed by atoms with Gasteiger partial charge in [0, 0.05) is 24.5 Å². The molecule has 0 aromatic heterocycles. The van der Waals surface area contributed by atoms with E-state index in [0.717, 1.165) is 5.57 Å². The van der Waals surface area contributed by atoms with Crippen LogP contribution in [0.25, 0.3) is 0 Å². The number of nitrogens with one attached hydrogen (secondary N) is 3. The van der Waals surface area contributed by atoms with Crippen molar-refractivity contribution in [2.45, 2.75) is 13.8 Å². The quantitative estimate of drug-likeness (QED) is 0.717. The van der Waals surface area contributed by atoms with Crippen molar-refractivity contribution in [3.63, 3.8) is 0 Å². The summed E-state index contributed by atoms with van der Waals surface area (Å²) in [6, 6.07) is 6.63. The van der Waals surface area contributed by atoms with Gasteiger partial charge in [-0.2, -0.15) is 0 Å². The van der Waals surface area contributed by atoms with E-state index in [-0.39, 0.29) is 11.9 Å². The van der Waals surface area contributed by atoms with Crippen molar-refractivity contribution in [2.75, 3.05) is 17.7 Å². The lowest BCUT2D eigenvalue weighted by Gasteiger charge is -2.07. The van der Waals surface area contributed by atoms with Crippen LogP contribution in [0, 0.1) is 0 Å². The molecule has 3 amide bonds. The highest BCUT2D eigenvalue weighted by molar-refractivity contribution is 6.00. The lowest BCUT2D eigenvalue weighted by molar-refractivity contribution is -0.111. The van der Waals surface area contributed by atoms with Gasteiger partial charge < -0.3 is 16.0 Å². The predicted molar refractivity (Wildman–Crippen MR) is 72.6 cm³/mol. The fourth-order valence-corrected chi connectivity index (χ4v) is 1.31. The van der Waals surface area contributed by atoms with Crippen LogP contribution >= 0.6 is 0 Å². The number of carbonyl (C=O) groups is 2. The molecule has 0 fully saturated rings. The number of hydrogen-bond donors (Lipinski definition) is 3. The highest BCUT2D eigenvalue weighted by Gasteiger charge is 2.02. The van der Waals surface area contributed by atoms with Gasteiger partial charge in [0.05, 0.1) is 0 Å². The lowest BCUT2D eigenvalue weighted by Crippen LogP contribution is -2.24. The molecule has 96 valence electrons. The van der Waals surface area contributed by atoms with Gasteiger partial charge in [-0.1, -0.05) is 11.6 Å². The van der Waals surface area contributed by atoms with E-state index < -0.39 is 0 Å². The number of urea groups is 1. The van der Waals surface area contributed by atoms with Crippen LogP contribution in [-0.2, 0) is 4.79 Å². The summed E-state index contributed by atoms with van der Waals surface area (Å²) in [7, 11) is 1.54. The summed E-state index contributed by atoms with van der Waals surface area (Å²) in [5, 5.41) is 7.80. The smallest absolute Gasteiger partial charge is 0.318 e. The van der Waals surface area contributed by atoms with E-state index in [2.05, 4.69) is 16.0 Å². The molecule has 0 aliphatic rings. The summed E-state index contributed by atoms with van der Waals surface area (Å²) in [6.07, 6.45) is 1.51. The second kappa shape index (κ2) is 6.44. The van der Waals surface area contributed by atoms with Crippen molar-refractivity contribution in [3.8, 4) is 0 Å². The molecule has 0 bridgehead atoms. The van der Waals surface area contributed by atoms with E-state index in [9.17, 15) is 9.59 Å². The molecular formula is C13H17N3O2. The summed E-state index contributed by atoms with van der Waals surface area (Å²) < 4.78 is 0. The van der Waals surface area contributed by atoms with Crippen molar-refractivity contribution >= 4 is 23.3 Å². The average molecular weight is 247 g/mol. The number of benzene rings is 1. The molecule has 0 radical (unpaired) electrons. The molecular weight excluding hydrogens is 230 g/mol. The van der Waals surface area contributed by atoms with Gasteiger partial charge in [-0.15, -0.1) is 0 Å². The van der Waals surface area contributed by atoms with Crippen LogP contribution in [0.5, 0.6) is 0 Å². The standard InChI is InChI=1S/C13H17N3O2/c1-9(2)7-12(17)15-10-5-4-6-11(8-10)16-13(18)14-3/h4-8H,1-3H3,(H,15,17)(H2,14,16,18). The predicted octanol–water partition coefficient (Wildman–Crippen LogP) is 2.34. The molecule has 0 saturated carbocycles. The summed E-state index contributed by atoms with van der Waals surface area (Å²) in [6.45, 7) is 3.70. The van der Waals surface area contributed by atoms with Crippen LogP contribution in [-0.4, -0.2) is 19.0 Å². The number of rotatable bonds is 3. The fourth-order valence-electron chi connectivity index (χ4n) is 1.31. The van der Waals surface area contributed by atoms with Gasteiger partial charge in [0.25, 0.3) is 0 Å². The topological polar surface area (TPSA) is 70.2 Å². The molecule has 0 aliphatic carbocycles. The highest BCUT2D eigenvalue weighted by atomic mass is 16.2. The van der Waals surface area contributed by atoms with Crippen molar-refractivity contribution < 1.29 is 9.59 Å². The minimum absolute atomic E-state index is 0.188. The third kappa shape index (κ3) is 4.69. The van der Waals surface area contributed by atoms with Crippen molar-refractivity contribution in [1.82, 2.24) is 5.32 Å². The van der Waals surface area contributed by atoms with Crippen LogP contribution in [0.2, 0.25) is 0 Å². The lowest BCUT2D eigenvalue weighted by atomic mass is 10.2. The first-order valence-electron chi connectivity index (χ1n) is 5.56. The zero-order chi connectivity index (χ0) is 13.5. The summed E-state index contributed by atoms with van der Waals surface area (Å²) >= 11 is 0. The molecule has 0 heterocycles. The van der Waals surface area contributed by atoms with E-state index in [4.69, 9.17) is 0 Å². The van der Waals surface area contributed by atoms with E-state index in [1.54, 1.807) is 24.3 Å². The number of allylic oxidation sites excluding steroid dienone is 1. The minimum Gasteiger partial charge on any atom is -0.341 e. The maximum Gasteiger partial charge on any atom is 0.318 e. The van der Waals surface area contributed by atoms with Crippen LogP contribution in [0.1, 0.15) is 13.8 Å². The Kier molecular flexibility index (Phi) is 4.92. The molecule has 18 heavy (non-hydrogen) atoms. The molecule has 0 spiro atoms.